The van der Waals surface area contributed by atoms with Gasteiger partial charge in [-0.1, -0.05) is 0 Å². The number of methoxy groups -OCH3 is 1. The molecule has 0 saturated heterocycles. The van der Waals surface area contributed by atoms with Crippen LogP contribution < -0.4 is 10.5 Å². The monoisotopic (exact) mass is 256 g/mol. The number of rotatable bonds is 3. The molecule has 0 spiro atoms. The zero-order valence-corrected chi connectivity index (χ0v) is 10.3. The number of nitrogens with one attached hydrogen (secondary N) is 1. The number of hydrogen-bond acceptors (Lipinski definition) is 5. The number of nitrogens with two attached hydrogens (primary N) is 1. The highest BCUT2D eigenvalue weighted by atomic mass is 16.5. The lowest BCUT2D eigenvalue weighted by Crippen LogP contribution is -1.93. The van der Waals surface area contributed by atoms with Crippen molar-refractivity contribution in [1.29, 1.82) is 0 Å². The molecule has 2 aromatic heterocycles. The van der Waals surface area contributed by atoms with Gasteiger partial charge < -0.3 is 14.9 Å². The van der Waals surface area contributed by atoms with Crippen molar-refractivity contribution in [3.8, 4) is 28.7 Å². The molecule has 0 radical (unpaired) electrons. The van der Waals surface area contributed by atoms with Crippen molar-refractivity contribution >= 4 is 5.69 Å². The summed E-state index contributed by atoms with van der Waals surface area (Å²) in [6, 6.07) is 9.02. The maximum atomic E-state index is 5.86. The summed E-state index contributed by atoms with van der Waals surface area (Å²) < 4.78 is 10.4. The Bertz CT molecular complexity index is 688. The third-order valence-corrected chi connectivity index (χ3v) is 2.73. The molecule has 6 heteroatoms. The average molecular weight is 256 g/mol. The van der Waals surface area contributed by atoms with Gasteiger partial charge in [-0.2, -0.15) is 5.10 Å². The van der Waals surface area contributed by atoms with Gasteiger partial charge in [-0.3, -0.25) is 5.10 Å². The van der Waals surface area contributed by atoms with Gasteiger partial charge in [0.15, 0.2) is 17.4 Å². The van der Waals surface area contributed by atoms with Crippen molar-refractivity contribution in [1.82, 2.24) is 15.2 Å². The minimum absolute atomic E-state index is 0.546. The number of ether oxygens (including phenoxy) is 1. The van der Waals surface area contributed by atoms with Crippen molar-refractivity contribution in [3.63, 3.8) is 0 Å². The molecule has 2 heterocycles. The number of anilines is 1. The largest absolute Gasteiger partial charge is 0.495 e. The molecule has 0 aliphatic heterocycles. The first-order valence-corrected chi connectivity index (χ1v) is 5.68. The topological polar surface area (TPSA) is 90.0 Å². The predicted molar refractivity (Wildman–Crippen MR) is 70.5 cm³/mol. The molecule has 0 fully saturated rings. The van der Waals surface area contributed by atoms with Gasteiger partial charge in [-0.05, 0) is 30.3 Å². The predicted octanol–water partition coefficient (Wildman–Crippen LogP) is 2.32. The highest BCUT2D eigenvalue weighted by Gasteiger charge is 2.10. The molecule has 3 rings (SSSR count). The van der Waals surface area contributed by atoms with Crippen molar-refractivity contribution in [2.45, 2.75) is 0 Å². The molecular formula is C13H12N4O2. The molecule has 0 saturated carbocycles. The summed E-state index contributed by atoms with van der Waals surface area (Å²) in [6.45, 7) is 0. The van der Waals surface area contributed by atoms with Crippen LogP contribution >= 0.6 is 0 Å². The highest BCUT2D eigenvalue weighted by Crippen LogP contribution is 2.27. The number of H-pyrrole nitrogens is 1. The Balaban J connectivity index is 1.97. The van der Waals surface area contributed by atoms with Gasteiger partial charge in [-0.25, -0.2) is 4.98 Å². The lowest BCUT2D eigenvalue weighted by Gasteiger charge is -2.04. The Morgan fingerprint density at radius 2 is 2.21 bits per heavy atom. The van der Waals surface area contributed by atoms with E-state index in [0.717, 1.165) is 5.56 Å². The first-order valence-electron chi connectivity index (χ1n) is 5.68. The van der Waals surface area contributed by atoms with Crippen molar-refractivity contribution in [2.75, 3.05) is 12.8 Å². The van der Waals surface area contributed by atoms with Gasteiger partial charge in [0.2, 0.25) is 0 Å². The molecule has 0 aliphatic carbocycles. The Morgan fingerprint density at radius 3 is 2.89 bits per heavy atom. The number of nitrogen functional groups attached to an aromatic ring is 1. The van der Waals surface area contributed by atoms with E-state index in [1.165, 1.54) is 0 Å². The van der Waals surface area contributed by atoms with Crippen LogP contribution in [-0.4, -0.2) is 22.3 Å². The quantitative estimate of drug-likeness (QED) is 0.702. The summed E-state index contributed by atoms with van der Waals surface area (Å²) in [5, 5.41) is 6.97. The first-order chi connectivity index (χ1) is 9.28. The van der Waals surface area contributed by atoms with Crippen LogP contribution in [0.5, 0.6) is 5.75 Å². The third-order valence-electron chi connectivity index (χ3n) is 2.73. The SMILES string of the molecule is COc1ccc(-c2n[nH]c(-c3ccco3)n2)cc1N. The van der Waals surface area contributed by atoms with Gasteiger partial charge >= 0.3 is 0 Å². The van der Waals surface area contributed by atoms with Crippen molar-refractivity contribution < 1.29 is 9.15 Å². The maximum absolute atomic E-state index is 5.86. The molecule has 0 aliphatic rings. The highest BCUT2D eigenvalue weighted by molar-refractivity contribution is 5.67. The fourth-order valence-electron chi connectivity index (χ4n) is 1.79. The van der Waals surface area contributed by atoms with Crippen LogP contribution in [0.2, 0.25) is 0 Å². The molecule has 1 aromatic carbocycles. The second kappa shape index (κ2) is 4.49. The second-order valence-electron chi connectivity index (χ2n) is 3.94. The van der Waals surface area contributed by atoms with Crippen molar-refractivity contribution in [3.05, 3.63) is 36.6 Å². The van der Waals surface area contributed by atoms with E-state index in [4.69, 9.17) is 14.9 Å². The maximum Gasteiger partial charge on any atom is 0.192 e. The molecule has 3 aromatic rings. The van der Waals surface area contributed by atoms with E-state index in [-0.39, 0.29) is 0 Å². The van der Waals surface area contributed by atoms with Gasteiger partial charge in [0.1, 0.15) is 5.75 Å². The van der Waals surface area contributed by atoms with Crippen LogP contribution in [0, 0.1) is 0 Å². The number of furan rings is 1. The number of hydrogen-bond donors (Lipinski definition) is 2. The zero-order valence-electron chi connectivity index (χ0n) is 10.3. The molecule has 0 amide bonds. The molecule has 0 atom stereocenters. The van der Waals surface area contributed by atoms with E-state index in [1.807, 2.05) is 12.1 Å². The standard InChI is InChI=1S/C13H12N4O2/c1-18-10-5-4-8(7-9(10)14)12-15-13(17-16-12)11-3-2-6-19-11/h2-7H,14H2,1H3,(H,15,16,17). The van der Waals surface area contributed by atoms with E-state index >= 15 is 0 Å². The number of benzene rings is 1. The second-order valence-corrected chi connectivity index (χ2v) is 3.94. The number of aromatic nitrogens is 3. The molecule has 0 unspecified atom stereocenters. The Morgan fingerprint density at radius 1 is 1.32 bits per heavy atom. The van der Waals surface area contributed by atoms with Gasteiger partial charge in [0.05, 0.1) is 19.1 Å². The summed E-state index contributed by atoms with van der Waals surface area (Å²) in [5.41, 5.74) is 7.22. The van der Waals surface area contributed by atoms with Crippen LogP contribution in [0.15, 0.2) is 41.0 Å². The van der Waals surface area contributed by atoms with Crippen LogP contribution in [0.25, 0.3) is 23.0 Å². The number of aromatic amines is 1. The molecule has 0 bridgehead atoms. The summed E-state index contributed by atoms with van der Waals surface area (Å²) >= 11 is 0. The van der Waals surface area contributed by atoms with Gasteiger partial charge in [-0.15, -0.1) is 0 Å². The van der Waals surface area contributed by atoms with E-state index in [0.29, 0.717) is 28.8 Å². The number of nitrogens with zero attached hydrogens (tertiary/aromatic N) is 2. The summed E-state index contributed by atoms with van der Waals surface area (Å²) in [4.78, 5) is 4.36. The minimum Gasteiger partial charge on any atom is -0.495 e. The van der Waals surface area contributed by atoms with Gasteiger partial charge in [0, 0.05) is 5.56 Å². The lowest BCUT2D eigenvalue weighted by atomic mass is 10.2. The third kappa shape index (κ3) is 2.03. The Hall–Kier alpha value is -2.76. The van der Waals surface area contributed by atoms with Crippen LogP contribution in [-0.2, 0) is 0 Å². The molecule has 6 nitrogen and oxygen atoms in total. The average Bonchev–Trinajstić information content (AvgIpc) is 3.09. The lowest BCUT2D eigenvalue weighted by molar-refractivity contribution is 0.417. The molecule has 96 valence electrons. The molecule has 19 heavy (non-hydrogen) atoms. The normalized spacial score (nSPS) is 10.6. The van der Waals surface area contributed by atoms with E-state index < -0.39 is 0 Å². The summed E-state index contributed by atoms with van der Waals surface area (Å²) in [7, 11) is 1.58. The molecular weight excluding hydrogens is 244 g/mol. The minimum atomic E-state index is 0.546. The van der Waals surface area contributed by atoms with E-state index in [9.17, 15) is 0 Å². The molecule has 3 N–H and O–H groups in total. The van der Waals surface area contributed by atoms with Crippen molar-refractivity contribution in [2.24, 2.45) is 0 Å². The van der Waals surface area contributed by atoms with Crippen LogP contribution in [0.4, 0.5) is 5.69 Å². The fourth-order valence-corrected chi connectivity index (χ4v) is 1.79. The van der Waals surface area contributed by atoms with Crippen LogP contribution in [0.3, 0.4) is 0 Å². The Kier molecular flexibility index (Phi) is 2.68. The Labute approximate surface area is 109 Å². The van der Waals surface area contributed by atoms with Gasteiger partial charge in [0.25, 0.3) is 0 Å². The van der Waals surface area contributed by atoms with E-state index in [2.05, 4.69) is 15.2 Å². The summed E-state index contributed by atoms with van der Waals surface area (Å²) in [6.07, 6.45) is 1.59. The first kappa shape index (κ1) is 11.3. The summed E-state index contributed by atoms with van der Waals surface area (Å²) in [5.74, 6) is 2.40. The van der Waals surface area contributed by atoms with E-state index in [1.54, 1.807) is 31.6 Å². The fraction of sp³-hybridized carbons (Fsp3) is 0.0769. The van der Waals surface area contributed by atoms with Crippen LogP contribution in [0.1, 0.15) is 0 Å². The smallest absolute Gasteiger partial charge is 0.192 e. The zero-order chi connectivity index (χ0) is 13.2.